The smallest absolute Gasteiger partial charge is 0.362 e. The van der Waals surface area contributed by atoms with Gasteiger partial charge >= 0.3 is 13.6 Å². The summed E-state index contributed by atoms with van der Waals surface area (Å²) in [6, 6.07) is 1.56. The van der Waals surface area contributed by atoms with Crippen LogP contribution in [0.25, 0.3) is 5.31 Å². The topological polar surface area (TPSA) is 75.0 Å². The van der Waals surface area contributed by atoms with E-state index in [1.54, 1.807) is 26.8 Å². The molecule has 22 heavy (non-hydrogen) atoms. The number of furan rings is 1. The molecule has 0 saturated heterocycles. The number of rotatable bonds is 9. The van der Waals surface area contributed by atoms with Crippen molar-refractivity contribution in [3.8, 4) is 0 Å². The van der Waals surface area contributed by atoms with Crippen LogP contribution in [0.5, 0.6) is 0 Å². The minimum absolute atomic E-state index is 0.0563. The van der Waals surface area contributed by atoms with Gasteiger partial charge in [0, 0.05) is 11.6 Å². The lowest BCUT2D eigenvalue weighted by Crippen LogP contribution is -2.05. The average molecular weight is 351 g/mol. The van der Waals surface area contributed by atoms with Gasteiger partial charge in [-0.1, -0.05) is 0 Å². The van der Waals surface area contributed by atoms with Crippen molar-refractivity contribution in [1.82, 2.24) is 0 Å². The summed E-state index contributed by atoms with van der Waals surface area (Å²) in [5.74, 6) is -0.212. The van der Waals surface area contributed by atoms with Crippen LogP contribution in [0.2, 0.25) is 0 Å². The Morgan fingerprint density at radius 3 is 2.41 bits per heavy atom. The van der Waals surface area contributed by atoms with Crippen LogP contribution in [-0.2, 0) is 29.0 Å². The average Bonchev–Trinajstić information content (AvgIpc) is 2.93. The number of alkyl halides is 1. The van der Waals surface area contributed by atoms with E-state index in [4.69, 9.17) is 29.8 Å². The van der Waals surface area contributed by atoms with Gasteiger partial charge in [0.15, 0.2) is 0 Å². The summed E-state index contributed by atoms with van der Waals surface area (Å²) in [6.07, 6.45) is 2.50. The number of hydrogen-bond acceptors (Lipinski definition) is 6. The zero-order chi connectivity index (χ0) is 16.6. The number of carbonyl (C=O) groups excluding carboxylic acids is 1. The van der Waals surface area contributed by atoms with Crippen LogP contribution in [-0.4, -0.2) is 25.8 Å². The molecule has 0 N–H and O–H groups in total. The molecule has 0 spiro atoms. The summed E-state index contributed by atoms with van der Waals surface area (Å²) in [5.41, 5.74) is 0.410. The van der Waals surface area contributed by atoms with E-state index in [1.165, 1.54) is 6.26 Å². The minimum Gasteiger partial charge on any atom is -0.467 e. The molecule has 0 aromatic carbocycles. The van der Waals surface area contributed by atoms with Crippen molar-refractivity contribution in [3.63, 3.8) is 0 Å². The molecule has 1 aromatic rings. The van der Waals surface area contributed by atoms with Crippen LogP contribution in [0.1, 0.15) is 32.1 Å². The summed E-state index contributed by atoms with van der Waals surface area (Å²) in [7, 11) is -3.69. The van der Waals surface area contributed by atoms with E-state index in [9.17, 15) is 9.36 Å². The third-order valence-electron chi connectivity index (χ3n) is 2.58. The predicted molar refractivity (Wildman–Crippen MR) is 83.7 cm³/mol. The first-order chi connectivity index (χ1) is 10.5. The maximum atomic E-state index is 13.0. The van der Waals surface area contributed by atoms with Gasteiger partial charge in [0.2, 0.25) is 0 Å². The fourth-order valence-electron chi connectivity index (χ4n) is 1.79. The van der Waals surface area contributed by atoms with Crippen molar-refractivity contribution < 1.29 is 27.6 Å². The van der Waals surface area contributed by atoms with Crippen molar-refractivity contribution in [2.45, 2.75) is 26.7 Å². The molecule has 0 atom stereocenters. The van der Waals surface area contributed by atoms with Crippen LogP contribution >= 0.6 is 19.2 Å². The highest BCUT2D eigenvalue weighted by Crippen LogP contribution is 2.61. The van der Waals surface area contributed by atoms with E-state index in [2.05, 4.69) is 0 Å². The predicted octanol–water partition coefficient (Wildman–Crippen LogP) is 4.19. The molecule has 0 aliphatic carbocycles. The molecule has 0 radical (unpaired) electrons. The van der Waals surface area contributed by atoms with Crippen molar-refractivity contribution in [1.29, 1.82) is 0 Å². The summed E-state index contributed by atoms with van der Waals surface area (Å²) in [4.78, 5) is 11.8. The lowest BCUT2D eigenvalue weighted by molar-refractivity contribution is -0.137. The van der Waals surface area contributed by atoms with Crippen LogP contribution in [0.15, 0.2) is 22.8 Å². The van der Waals surface area contributed by atoms with Crippen molar-refractivity contribution in [3.05, 3.63) is 29.7 Å². The number of hydrogen-bond donors (Lipinski definition) is 0. The first-order valence-corrected chi connectivity index (χ1v) is 9.00. The Bertz CT molecular complexity index is 555. The zero-order valence-electron chi connectivity index (χ0n) is 12.8. The van der Waals surface area contributed by atoms with Crippen molar-refractivity contribution in [2.75, 3.05) is 19.8 Å². The number of halogens is 1. The van der Waals surface area contributed by atoms with Gasteiger partial charge in [-0.25, -0.2) is 4.79 Å². The number of carbonyl (C=O) groups is 1. The summed E-state index contributed by atoms with van der Waals surface area (Å²) in [6.45, 7) is 5.57. The molecular formula is C14H20ClO6P. The van der Waals surface area contributed by atoms with Gasteiger partial charge in [0.1, 0.15) is 5.76 Å². The quantitative estimate of drug-likeness (QED) is 0.288. The summed E-state index contributed by atoms with van der Waals surface area (Å²) in [5, 5.41) is 0.0825. The Morgan fingerprint density at radius 2 is 1.91 bits per heavy atom. The van der Waals surface area contributed by atoms with E-state index >= 15 is 0 Å². The fourth-order valence-corrected chi connectivity index (χ4v) is 3.79. The Kier molecular flexibility index (Phi) is 7.90. The van der Waals surface area contributed by atoms with Gasteiger partial charge in [0.05, 0.1) is 37.3 Å². The Labute approximate surface area is 134 Å². The first kappa shape index (κ1) is 19.0. The molecule has 1 aromatic heterocycles. The molecular weight excluding hydrogens is 331 g/mol. The molecule has 1 heterocycles. The number of ether oxygens (including phenoxy) is 1. The van der Waals surface area contributed by atoms with Gasteiger partial charge < -0.3 is 18.2 Å². The van der Waals surface area contributed by atoms with Gasteiger partial charge in [-0.15, -0.1) is 11.6 Å². The second-order valence-electron chi connectivity index (χ2n) is 4.01. The third kappa shape index (κ3) is 4.71. The minimum atomic E-state index is -3.69. The van der Waals surface area contributed by atoms with Crippen LogP contribution in [0, 0.1) is 0 Å². The Morgan fingerprint density at radius 1 is 1.27 bits per heavy atom. The summed E-state index contributed by atoms with van der Waals surface area (Å²) >= 11 is 5.81. The maximum absolute atomic E-state index is 13.0. The maximum Gasteiger partial charge on any atom is 0.362 e. The van der Waals surface area contributed by atoms with E-state index < -0.39 is 13.6 Å². The molecule has 0 fully saturated rings. The fraction of sp³-hybridized carbons (Fsp3) is 0.500. The lowest BCUT2D eigenvalue weighted by Gasteiger charge is -2.19. The second kappa shape index (κ2) is 9.16. The molecule has 8 heteroatoms. The normalized spacial score (nSPS) is 12.5. The van der Waals surface area contributed by atoms with E-state index in [-0.39, 0.29) is 31.0 Å². The third-order valence-corrected chi connectivity index (χ3v) is 4.98. The highest BCUT2D eigenvalue weighted by Gasteiger charge is 2.34. The molecule has 0 unspecified atom stereocenters. The standard InChI is InChI=1S/C14H20ClO6P/c1-4-18-14(16)9-13(11-7-8-19-12(11)10-15)22(17,20-5-2)21-6-3/h7-9H,4-6,10H2,1-3H3. The zero-order valence-corrected chi connectivity index (χ0v) is 14.5. The van der Waals surface area contributed by atoms with Gasteiger partial charge in [-0.05, 0) is 26.8 Å². The first-order valence-electron chi connectivity index (χ1n) is 6.93. The molecule has 0 aliphatic heterocycles. The largest absolute Gasteiger partial charge is 0.467 e. The Balaban J connectivity index is 3.38. The van der Waals surface area contributed by atoms with E-state index in [1.807, 2.05) is 0 Å². The molecule has 0 saturated carbocycles. The van der Waals surface area contributed by atoms with Crippen molar-refractivity contribution >= 4 is 30.5 Å². The highest BCUT2D eigenvalue weighted by atomic mass is 35.5. The van der Waals surface area contributed by atoms with Crippen LogP contribution in [0.4, 0.5) is 0 Å². The van der Waals surface area contributed by atoms with Crippen LogP contribution < -0.4 is 0 Å². The van der Waals surface area contributed by atoms with E-state index in [0.29, 0.717) is 11.3 Å². The van der Waals surface area contributed by atoms with Gasteiger partial charge in [-0.3, -0.25) is 4.57 Å². The molecule has 1 rings (SSSR count). The molecule has 0 amide bonds. The Hall–Kier alpha value is -1.07. The molecule has 124 valence electrons. The highest BCUT2D eigenvalue weighted by molar-refractivity contribution is 7.65. The number of esters is 1. The van der Waals surface area contributed by atoms with E-state index in [0.717, 1.165) is 6.08 Å². The molecule has 0 aliphatic rings. The lowest BCUT2D eigenvalue weighted by atomic mass is 10.2. The second-order valence-corrected chi connectivity index (χ2v) is 6.27. The molecule has 6 nitrogen and oxygen atoms in total. The summed E-state index contributed by atoms with van der Waals surface area (Å²) < 4.78 is 33.7. The molecule has 0 bridgehead atoms. The SMILES string of the molecule is CCOC(=O)C=C(c1ccoc1CCl)P(=O)(OCC)OCC. The van der Waals surface area contributed by atoms with Crippen molar-refractivity contribution in [2.24, 2.45) is 0 Å². The monoisotopic (exact) mass is 350 g/mol. The van der Waals surface area contributed by atoms with Gasteiger partial charge in [0.25, 0.3) is 0 Å². The van der Waals surface area contributed by atoms with Crippen LogP contribution in [0.3, 0.4) is 0 Å². The van der Waals surface area contributed by atoms with Gasteiger partial charge in [-0.2, -0.15) is 0 Å².